The largest absolute Gasteiger partial charge is 0.324 e. The van der Waals surface area contributed by atoms with E-state index in [9.17, 15) is 19.2 Å². The first kappa shape index (κ1) is 22.6. The third kappa shape index (κ3) is 5.15. The van der Waals surface area contributed by atoms with Gasteiger partial charge in [-0.15, -0.1) is 0 Å². The molecule has 0 radical (unpaired) electrons. The van der Waals surface area contributed by atoms with Crippen LogP contribution in [-0.4, -0.2) is 27.4 Å². The van der Waals surface area contributed by atoms with Crippen molar-refractivity contribution in [3.05, 3.63) is 76.1 Å². The van der Waals surface area contributed by atoms with Crippen LogP contribution in [0.3, 0.4) is 0 Å². The van der Waals surface area contributed by atoms with Gasteiger partial charge in [-0.25, -0.2) is 4.68 Å². The molecular weight excluding hydrogens is 408 g/mol. The number of rotatable bonds is 6. The maximum absolute atomic E-state index is 12.9. The molecule has 0 saturated heterocycles. The second kappa shape index (κ2) is 9.38. The van der Waals surface area contributed by atoms with Gasteiger partial charge in [0.1, 0.15) is 11.7 Å². The van der Waals surface area contributed by atoms with Gasteiger partial charge in [-0.2, -0.15) is 5.10 Å². The normalized spacial score (nSPS) is 11.5. The highest BCUT2D eigenvalue weighted by Crippen LogP contribution is 2.20. The molecule has 3 aromatic rings. The van der Waals surface area contributed by atoms with Crippen LogP contribution in [0.2, 0.25) is 0 Å². The highest BCUT2D eigenvalue weighted by atomic mass is 16.2. The summed E-state index contributed by atoms with van der Waals surface area (Å²) in [4.78, 5) is 48.8. The molecule has 0 aliphatic carbocycles. The minimum atomic E-state index is -0.965. The summed E-state index contributed by atoms with van der Waals surface area (Å²) >= 11 is 0. The average molecular weight is 432 g/mol. The van der Waals surface area contributed by atoms with Crippen LogP contribution < -0.4 is 16.2 Å². The monoisotopic (exact) mass is 432 g/mol. The Bertz CT molecular complexity index is 1230. The molecule has 0 bridgehead atoms. The van der Waals surface area contributed by atoms with Gasteiger partial charge in [-0.1, -0.05) is 29.8 Å². The minimum absolute atomic E-state index is 0.0357. The number of hydrogen-bond acceptors (Lipinski definition) is 5. The zero-order valence-corrected chi connectivity index (χ0v) is 18.3. The second-order valence-electron chi connectivity index (χ2n) is 7.54. The van der Waals surface area contributed by atoms with E-state index in [1.807, 2.05) is 31.2 Å². The van der Waals surface area contributed by atoms with Crippen LogP contribution in [0.25, 0.3) is 11.3 Å². The number of amides is 2. The summed E-state index contributed by atoms with van der Waals surface area (Å²) in [5, 5.41) is 9.63. The van der Waals surface area contributed by atoms with Gasteiger partial charge in [0.2, 0.25) is 11.8 Å². The van der Waals surface area contributed by atoms with Gasteiger partial charge in [0.15, 0.2) is 5.78 Å². The van der Waals surface area contributed by atoms with Gasteiger partial charge in [0.05, 0.1) is 5.69 Å². The quantitative estimate of drug-likeness (QED) is 0.579. The summed E-state index contributed by atoms with van der Waals surface area (Å²) in [6.45, 7) is 6.26. The van der Waals surface area contributed by atoms with Crippen LogP contribution >= 0.6 is 0 Å². The zero-order valence-electron chi connectivity index (χ0n) is 18.3. The molecule has 32 heavy (non-hydrogen) atoms. The van der Waals surface area contributed by atoms with Crippen LogP contribution in [-0.2, 0) is 9.59 Å². The molecule has 0 spiro atoms. The number of carbonyl (C=O) groups is 3. The van der Waals surface area contributed by atoms with Crippen molar-refractivity contribution in [2.45, 2.75) is 33.7 Å². The van der Waals surface area contributed by atoms with Crippen molar-refractivity contribution in [1.82, 2.24) is 9.78 Å². The molecule has 1 atom stereocenters. The lowest BCUT2D eigenvalue weighted by atomic mass is 10.1. The Morgan fingerprint density at radius 1 is 0.938 bits per heavy atom. The number of Topliss-reactive ketones (excluding diaryl/α,β-unsaturated/α-hetero) is 1. The first-order valence-electron chi connectivity index (χ1n) is 10.1. The van der Waals surface area contributed by atoms with Crippen molar-refractivity contribution < 1.29 is 14.4 Å². The number of aromatic nitrogens is 2. The SMILES string of the molecule is CC(=O)Nc1cc(-c2ccc(C)cc2)nn(C(C)C(=O)Nc2ccc(C(C)=O)cc2)c1=O. The lowest BCUT2D eigenvalue weighted by Crippen LogP contribution is -2.35. The maximum atomic E-state index is 12.9. The Morgan fingerprint density at radius 2 is 1.56 bits per heavy atom. The Kier molecular flexibility index (Phi) is 6.63. The maximum Gasteiger partial charge on any atom is 0.291 e. The molecule has 1 aromatic heterocycles. The van der Waals surface area contributed by atoms with Crippen molar-refractivity contribution in [1.29, 1.82) is 0 Å². The predicted molar refractivity (Wildman–Crippen MR) is 123 cm³/mol. The first-order chi connectivity index (χ1) is 15.2. The molecular formula is C24H24N4O4. The molecule has 0 fully saturated rings. The average Bonchev–Trinajstić information content (AvgIpc) is 2.75. The summed E-state index contributed by atoms with van der Waals surface area (Å²) in [7, 11) is 0. The third-order valence-corrected chi connectivity index (χ3v) is 4.90. The van der Waals surface area contributed by atoms with E-state index < -0.39 is 23.4 Å². The smallest absolute Gasteiger partial charge is 0.291 e. The lowest BCUT2D eigenvalue weighted by molar-refractivity contribution is -0.119. The summed E-state index contributed by atoms with van der Waals surface area (Å²) in [6.07, 6.45) is 0. The molecule has 1 heterocycles. The third-order valence-electron chi connectivity index (χ3n) is 4.90. The van der Waals surface area contributed by atoms with Crippen LogP contribution in [0, 0.1) is 6.92 Å². The number of ketones is 1. The number of nitrogens with one attached hydrogen (secondary N) is 2. The van der Waals surface area contributed by atoms with Gasteiger partial charge in [0.25, 0.3) is 5.56 Å². The Hall–Kier alpha value is -4.07. The van der Waals surface area contributed by atoms with E-state index in [2.05, 4.69) is 15.7 Å². The number of benzene rings is 2. The first-order valence-corrected chi connectivity index (χ1v) is 10.1. The van der Waals surface area contributed by atoms with E-state index >= 15 is 0 Å². The van der Waals surface area contributed by atoms with Crippen LogP contribution in [0.15, 0.2) is 59.4 Å². The molecule has 164 valence electrons. The van der Waals surface area contributed by atoms with Gasteiger partial charge in [-0.05, 0) is 51.1 Å². The summed E-state index contributed by atoms with van der Waals surface area (Å²) < 4.78 is 1.06. The molecule has 2 N–H and O–H groups in total. The van der Waals surface area contributed by atoms with Crippen molar-refractivity contribution in [3.63, 3.8) is 0 Å². The number of carbonyl (C=O) groups excluding carboxylic acids is 3. The van der Waals surface area contributed by atoms with E-state index in [0.717, 1.165) is 15.8 Å². The number of anilines is 2. The Labute approximate surface area is 185 Å². The fourth-order valence-electron chi connectivity index (χ4n) is 3.07. The fraction of sp³-hybridized carbons (Fsp3) is 0.208. The number of nitrogens with zero attached hydrogens (tertiary/aromatic N) is 2. The Balaban J connectivity index is 1.96. The van der Waals surface area contributed by atoms with Crippen molar-refractivity contribution in [2.75, 3.05) is 10.6 Å². The summed E-state index contributed by atoms with van der Waals surface area (Å²) in [5.74, 6) is -0.951. The van der Waals surface area contributed by atoms with E-state index in [0.29, 0.717) is 16.9 Å². The standard InChI is InChI=1S/C24H24N4O4/c1-14-5-7-19(8-6-14)21-13-22(25-17(4)30)24(32)28(27-21)15(2)23(31)26-20-11-9-18(10-12-20)16(3)29/h5-13,15H,1-4H3,(H,25,30)(H,26,31). The van der Waals surface area contributed by atoms with Gasteiger partial charge in [0, 0.05) is 23.7 Å². The topological polar surface area (TPSA) is 110 Å². The molecule has 0 saturated carbocycles. The van der Waals surface area contributed by atoms with Crippen LogP contribution in [0.5, 0.6) is 0 Å². The second-order valence-corrected chi connectivity index (χ2v) is 7.54. The van der Waals surface area contributed by atoms with Gasteiger partial charge >= 0.3 is 0 Å². The van der Waals surface area contributed by atoms with E-state index in [-0.39, 0.29) is 11.5 Å². The Morgan fingerprint density at radius 3 is 2.12 bits per heavy atom. The number of aryl methyl sites for hydroxylation is 1. The summed E-state index contributed by atoms with van der Waals surface area (Å²) in [5.41, 5.74) is 2.70. The van der Waals surface area contributed by atoms with E-state index in [4.69, 9.17) is 0 Å². The molecule has 8 heteroatoms. The molecule has 1 unspecified atom stereocenters. The van der Waals surface area contributed by atoms with E-state index in [1.165, 1.54) is 19.9 Å². The number of hydrogen-bond donors (Lipinski definition) is 2. The van der Waals surface area contributed by atoms with Gasteiger partial charge < -0.3 is 10.6 Å². The molecule has 2 amide bonds. The highest BCUT2D eigenvalue weighted by molar-refractivity contribution is 5.96. The van der Waals surface area contributed by atoms with Crippen LogP contribution in [0.1, 0.15) is 42.7 Å². The fourth-order valence-corrected chi connectivity index (χ4v) is 3.07. The molecule has 3 rings (SSSR count). The zero-order chi connectivity index (χ0) is 23.4. The van der Waals surface area contributed by atoms with Crippen molar-refractivity contribution in [2.24, 2.45) is 0 Å². The van der Waals surface area contributed by atoms with Gasteiger partial charge in [-0.3, -0.25) is 19.2 Å². The highest BCUT2D eigenvalue weighted by Gasteiger charge is 2.21. The molecule has 0 aliphatic heterocycles. The molecule has 8 nitrogen and oxygen atoms in total. The van der Waals surface area contributed by atoms with E-state index in [1.54, 1.807) is 31.2 Å². The lowest BCUT2D eigenvalue weighted by Gasteiger charge is -2.17. The predicted octanol–water partition coefficient (Wildman–Crippen LogP) is 3.58. The molecule has 0 aliphatic rings. The van der Waals surface area contributed by atoms with Crippen molar-refractivity contribution >= 4 is 29.0 Å². The molecule has 2 aromatic carbocycles. The van der Waals surface area contributed by atoms with Crippen LogP contribution in [0.4, 0.5) is 11.4 Å². The summed E-state index contributed by atoms with van der Waals surface area (Å²) in [6, 6.07) is 14.5. The minimum Gasteiger partial charge on any atom is -0.324 e. The van der Waals surface area contributed by atoms with Crippen molar-refractivity contribution in [3.8, 4) is 11.3 Å².